The molecule has 1 N–H and O–H groups in total. The number of aromatic nitrogens is 3. The number of carboxylic acids is 1. The number of aryl methyl sites for hydroxylation is 2. The second kappa shape index (κ2) is 11.0. The molecule has 0 amide bonds. The molecule has 9 nitrogen and oxygen atoms in total. The number of pyridine rings is 1. The molecule has 0 saturated carbocycles. The lowest BCUT2D eigenvalue weighted by Crippen LogP contribution is -2.56. The number of aromatic carboxylic acids is 1. The van der Waals surface area contributed by atoms with E-state index < -0.39 is 30.5 Å². The third kappa shape index (κ3) is 5.11. The van der Waals surface area contributed by atoms with Crippen LogP contribution in [0.3, 0.4) is 0 Å². The van der Waals surface area contributed by atoms with Crippen molar-refractivity contribution in [3.8, 4) is 22.9 Å². The Bertz CT molecular complexity index is 2120. The van der Waals surface area contributed by atoms with Crippen LogP contribution in [-0.4, -0.2) is 51.2 Å². The fourth-order valence-corrected chi connectivity index (χ4v) is 6.87. The van der Waals surface area contributed by atoms with Crippen molar-refractivity contribution in [1.29, 1.82) is 5.26 Å². The van der Waals surface area contributed by atoms with Crippen LogP contribution in [0, 0.1) is 25.2 Å². The van der Waals surface area contributed by atoms with Gasteiger partial charge in [-0.05, 0) is 44.2 Å². The molecule has 5 aromatic rings. The van der Waals surface area contributed by atoms with Gasteiger partial charge in [-0.15, -0.1) is 11.3 Å². The summed E-state index contributed by atoms with van der Waals surface area (Å²) in [6, 6.07) is 10.3. The van der Waals surface area contributed by atoms with Crippen LogP contribution in [0.15, 0.2) is 40.5 Å². The van der Waals surface area contributed by atoms with Crippen LogP contribution in [0.5, 0.6) is 5.75 Å². The highest BCUT2D eigenvalue weighted by Gasteiger charge is 2.45. The molecule has 0 unspecified atom stereocenters. The highest BCUT2D eigenvalue weighted by atomic mass is 35.5. The van der Waals surface area contributed by atoms with Crippen LogP contribution in [0.4, 0.5) is 14.5 Å². The number of nitrogens with zero attached hydrogens (tertiary/aromatic N) is 5. The van der Waals surface area contributed by atoms with E-state index in [2.05, 4.69) is 9.97 Å². The maximum Gasteiger partial charge on any atom is 0.338 e. The van der Waals surface area contributed by atoms with E-state index in [-0.39, 0.29) is 45.9 Å². The van der Waals surface area contributed by atoms with Gasteiger partial charge < -0.3 is 14.7 Å². The third-order valence-electron chi connectivity index (χ3n) is 7.32. The SMILES string of the molecule is Cc1cc(-c2cc(Cl)ccc2OCCn2c(C)nc3cc(Cl)c(N4CC(F)(F)C4)c(C#N)c3c2=O)c2scc(C(=O)O)c2n1. The van der Waals surface area contributed by atoms with Gasteiger partial charge >= 0.3 is 5.97 Å². The molecule has 44 heavy (non-hydrogen) atoms. The van der Waals surface area contributed by atoms with Crippen molar-refractivity contribution in [3.05, 3.63) is 78.8 Å². The molecule has 1 aliphatic heterocycles. The number of fused-ring (bicyclic) bond motifs is 2. The summed E-state index contributed by atoms with van der Waals surface area (Å²) < 4.78 is 35.4. The topological polar surface area (TPSA) is 121 Å². The first-order valence-electron chi connectivity index (χ1n) is 13.2. The average molecular weight is 656 g/mol. The number of rotatable bonds is 7. The molecule has 14 heteroatoms. The highest BCUT2D eigenvalue weighted by Crippen LogP contribution is 2.42. The monoisotopic (exact) mass is 655 g/mol. The van der Waals surface area contributed by atoms with Gasteiger partial charge in [0.1, 0.15) is 24.3 Å². The number of thiophene rings is 1. The molecule has 3 aromatic heterocycles. The number of carboxylic acid groups (broad SMARTS) is 1. The number of anilines is 1. The second-order valence-electron chi connectivity index (χ2n) is 10.3. The fourth-order valence-electron chi connectivity index (χ4n) is 5.37. The Morgan fingerprint density at radius 2 is 1.93 bits per heavy atom. The molecule has 0 bridgehead atoms. The summed E-state index contributed by atoms with van der Waals surface area (Å²) in [4.78, 5) is 35.6. The standard InChI is InChI=1S/C30H21Cl2F2N5O4S/c1-14-7-18(27-25(36-14)20(11-44-27)29(41)42)17-8-16(31)3-4-23(17)43-6-5-39-15(2)37-22-9-21(32)26(38-12-30(33,34)13-38)19(10-35)24(22)28(39)40/h3-4,7-9,11H,5-6,12-13H2,1-2H3,(H,41,42). The molecule has 1 aliphatic rings. The van der Waals surface area contributed by atoms with E-state index >= 15 is 0 Å². The van der Waals surface area contributed by atoms with Crippen LogP contribution in [0.1, 0.15) is 27.4 Å². The molecule has 1 fully saturated rings. The summed E-state index contributed by atoms with van der Waals surface area (Å²) in [6.07, 6.45) is 0. The molecular weight excluding hydrogens is 635 g/mol. The van der Waals surface area contributed by atoms with Crippen molar-refractivity contribution in [2.24, 2.45) is 0 Å². The van der Waals surface area contributed by atoms with E-state index in [1.807, 2.05) is 12.1 Å². The van der Waals surface area contributed by atoms with E-state index in [4.69, 9.17) is 27.9 Å². The van der Waals surface area contributed by atoms with Gasteiger partial charge in [-0.1, -0.05) is 23.2 Å². The summed E-state index contributed by atoms with van der Waals surface area (Å²) in [5.41, 5.74) is 2.03. The zero-order valence-electron chi connectivity index (χ0n) is 23.1. The first kappa shape index (κ1) is 29.7. The summed E-state index contributed by atoms with van der Waals surface area (Å²) >= 11 is 14.0. The smallest absolute Gasteiger partial charge is 0.338 e. The number of hydrogen-bond acceptors (Lipinski definition) is 8. The van der Waals surface area contributed by atoms with Crippen molar-refractivity contribution in [3.63, 3.8) is 0 Å². The molecular formula is C30H21Cl2F2N5O4S. The average Bonchev–Trinajstić information content (AvgIpc) is 3.37. The van der Waals surface area contributed by atoms with Crippen molar-refractivity contribution >= 4 is 67.3 Å². The predicted octanol–water partition coefficient (Wildman–Crippen LogP) is 6.70. The predicted molar refractivity (Wildman–Crippen MR) is 165 cm³/mol. The maximum absolute atomic E-state index is 13.7. The first-order valence-corrected chi connectivity index (χ1v) is 14.8. The molecule has 0 spiro atoms. The molecule has 224 valence electrons. The van der Waals surface area contributed by atoms with Gasteiger partial charge in [-0.3, -0.25) is 14.3 Å². The van der Waals surface area contributed by atoms with Crippen molar-refractivity contribution in [2.75, 3.05) is 24.6 Å². The number of alkyl halides is 2. The third-order valence-corrected chi connectivity index (χ3v) is 8.85. The number of benzene rings is 2. The number of hydrogen-bond donors (Lipinski definition) is 1. The fraction of sp³-hybridized carbons (Fsp3) is 0.233. The van der Waals surface area contributed by atoms with Gasteiger partial charge in [0.05, 0.1) is 62.6 Å². The Labute approximate surface area is 262 Å². The van der Waals surface area contributed by atoms with Gasteiger partial charge in [-0.2, -0.15) is 5.26 Å². The van der Waals surface area contributed by atoms with Crippen LogP contribution >= 0.6 is 34.5 Å². The largest absolute Gasteiger partial charge is 0.491 e. The molecule has 6 rings (SSSR count). The minimum Gasteiger partial charge on any atom is -0.491 e. The van der Waals surface area contributed by atoms with Crippen molar-refractivity contribution in [2.45, 2.75) is 26.3 Å². The summed E-state index contributed by atoms with van der Waals surface area (Å²) in [5.74, 6) is -3.20. The van der Waals surface area contributed by atoms with Crippen LogP contribution in [0.25, 0.3) is 32.2 Å². The Hall–Kier alpha value is -4.31. The van der Waals surface area contributed by atoms with E-state index in [9.17, 15) is 28.7 Å². The van der Waals surface area contributed by atoms with Gasteiger partial charge in [0.25, 0.3) is 11.5 Å². The van der Waals surface area contributed by atoms with E-state index in [0.717, 1.165) is 0 Å². The van der Waals surface area contributed by atoms with E-state index in [1.165, 1.54) is 32.3 Å². The summed E-state index contributed by atoms with van der Waals surface area (Å²) in [5, 5.41) is 21.6. The minimum atomic E-state index is -2.91. The molecule has 0 atom stereocenters. The maximum atomic E-state index is 13.7. The zero-order valence-corrected chi connectivity index (χ0v) is 25.4. The lowest BCUT2D eigenvalue weighted by atomic mass is 10.0. The number of ether oxygens (including phenoxy) is 1. The van der Waals surface area contributed by atoms with Crippen LogP contribution in [0.2, 0.25) is 10.0 Å². The number of nitriles is 1. The van der Waals surface area contributed by atoms with Gasteiger partial charge in [0.15, 0.2) is 0 Å². The molecule has 2 aromatic carbocycles. The Kier molecular flexibility index (Phi) is 7.44. The quantitative estimate of drug-likeness (QED) is 0.206. The Morgan fingerprint density at radius 1 is 1.18 bits per heavy atom. The van der Waals surface area contributed by atoms with Crippen molar-refractivity contribution < 1.29 is 23.4 Å². The lowest BCUT2D eigenvalue weighted by molar-refractivity contribution is -0.0262. The zero-order chi connectivity index (χ0) is 31.5. The van der Waals surface area contributed by atoms with Gasteiger partial charge in [0.2, 0.25) is 0 Å². The molecule has 0 aliphatic carbocycles. The molecule has 1 saturated heterocycles. The normalized spacial score (nSPS) is 14.1. The Morgan fingerprint density at radius 3 is 2.61 bits per heavy atom. The van der Waals surface area contributed by atoms with Crippen LogP contribution < -0.4 is 15.2 Å². The van der Waals surface area contributed by atoms with Crippen molar-refractivity contribution in [1.82, 2.24) is 14.5 Å². The minimum absolute atomic E-state index is 0.0125. The van der Waals surface area contributed by atoms with E-state index in [1.54, 1.807) is 32.0 Å². The van der Waals surface area contributed by atoms with Gasteiger partial charge in [-0.25, -0.2) is 18.6 Å². The Balaban J connectivity index is 1.35. The number of carbonyl (C=O) groups is 1. The molecule has 4 heterocycles. The highest BCUT2D eigenvalue weighted by molar-refractivity contribution is 7.18. The van der Waals surface area contributed by atoms with E-state index in [0.29, 0.717) is 43.6 Å². The second-order valence-corrected chi connectivity index (χ2v) is 12.1. The first-order chi connectivity index (χ1) is 20.9. The summed E-state index contributed by atoms with van der Waals surface area (Å²) in [7, 11) is 0. The number of halogens is 4. The molecule has 0 radical (unpaired) electrons. The summed E-state index contributed by atoms with van der Waals surface area (Å²) in [6.45, 7) is 2.25. The van der Waals surface area contributed by atoms with Gasteiger partial charge in [0, 0.05) is 27.2 Å². The lowest BCUT2D eigenvalue weighted by Gasteiger charge is -2.41. The van der Waals surface area contributed by atoms with Crippen LogP contribution in [-0.2, 0) is 6.54 Å².